The first-order valence-electron chi connectivity index (χ1n) is 7.64. The molecule has 1 saturated carbocycles. The predicted octanol–water partition coefficient (Wildman–Crippen LogP) is 6.08. The number of halogens is 2. The molecule has 0 heterocycles. The molecule has 0 aliphatic heterocycles. The number of hydrogen-bond donors (Lipinski definition) is 1. The molecule has 112 valence electrons. The second-order valence-corrected chi connectivity index (χ2v) is 8.35. The average molecular weight is 403 g/mol. The molecule has 1 aliphatic carbocycles. The standard InChI is InChI=1S/C17H25Br2N/c1-4-10-20-16(14-6-5-9-17(14,2)3)13-11-12(18)7-8-15(13)19/h7-8,11,14,16,20H,4-6,9-10H2,1-3H3. The van der Waals surface area contributed by atoms with Crippen molar-refractivity contribution in [2.45, 2.75) is 52.5 Å². The smallest absolute Gasteiger partial charge is 0.0365 e. The molecule has 1 aromatic rings. The minimum atomic E-state index is 0.424. The zero-order valence-corrected chi connectivity index (χ0v) is 15.9. The van der Waals surface area contributed by atoms with Crippen molar-refractivity contribution in [3.63, 3.8) is 0 Å². The molecule has 0 radical (unpaired) electrons. The van der Waals surface area contributed by atoms with Crippen molar-refractivity contribution < 1.29 is 0 Å². The third-order valence-corrected chi connectivity index (χ3v) is 5.87. The Hall–Kier alpha value is 0.140. The predicted molar refractivity (Wildman–Crippen MR) is 94.0 cm³/mol. The quantitative estimate of drug-likeness (QED) is 0.629. The van der Waals surface area contributed by atoms with E-state index in [4.69, 9.17) is 0 Å². The molecule has 20 heavy (non-hydrogen) atoms. The van der Waals surface area contributed by atoms with Gasteiger partial charge in [-0.2, -0.15) is 0 Å². The van der Waals surface area contributed by atoms with Gasteiger partial charge in [0.1, 0.15) is 0 Å². The number of rotatable bonds is 5. The molecule has 3 heteroatoms. The lowest BCUT2D eigenvalue weighted by molar-refractivity contribution is 0.197. The Bertz CT molecular complexity index is 456. The van der Waals surface area contributed by atoms with E-state index in [1.165, 1.54) is 35.7 Å². The summed E-state index contributed by atoms with van der Waals surface area (Å²) in [5, 5.41) is 3.80. The van der Waals surface area contributed by atoms with Crippen LogP contribution in [0.4, 0.5) is 0 Å². The minimum absolute atomic E-state index is 0.424. The van der Waals surface area contributed by atoms with Crippen LogP contribution in [-0.2, 0) is 0 Å². The van der Waals surface area contributed by atoms with Crippen LogP contribution in [0.1, 0.15) is 58.1 Å². The SMILES string of the molecule is CCCNC(c1cc(Br)ccc1Br)C1CCCC1(C)C. The van der Waals surface area contributed by atoms with E-state index in [9.17, 15) is 0 Å². The van der Waals surface area contributed by atoms with Gasteiger partial charge in [-0.3, -0.25) is 0 Å². The first-order chi connectivity index (χ1) is 9.45. The second-order valence-electron chi connectivity index (χ2n) is 6.58. The van der Waals surface area contributed by atoms with Crippen LogP contribution in [0.5, 0.6) is 0 Å². The molecule has 0 bridgehead atoms. The molecule has 0 aromatic heterocycles. The van der Waals surface area contributed by atoms with Gasteiger partial charge in [0.15, 0.2) is 0 Å². The van der Waals surface area contributed by atoms with Crippen molar-refractivity contribution in [1.82, 2.24) is 5.32 Å². The normalized spacial score (nSPS) is 22.9. The summed E-state index contributed by atoms with van der Waals surface area (Å²) in [7, 11) is 0. The Labute approximate surface area is 140 Å². The summed E-state index contributed by atoms with van der Waals surface area (Å²) in [6, 6.07) is 6.97. The average Bonchev–Trinajstić information content (AvgIpc) is 2.74. The lowest BCUT2D eigenvalue weighted by Gasteiger charge is -2.35. The largest absolute Gasteiger partial charge is 0.310 e. The molecule has 2 atom stereocenters. The molecule has 2 unspecified atom stereocenters. The molecule has 0 saturated heterocycles. The van der Waals surface area contributed by atoms with E-state index < -0.39 is 0 Å². The molecular formula is C17H25Br2N. The van der Waals surface area contributed by atoms with Gasteiger partial charge in [0.05, 0.1) is 0 Å². The van der Waals surface area contributed by atoms with E-state index in [1.807, 2.05) is 0 Å². The minimum Gasteiger partial charge on any atom is -0.310 e. The Balaban J connectivity index is 2.34. The van der Waals surface area contributed by atoms with Crippen molar-refractivity contribution in [2.24, 2.45) is 11.3 Å². The van der Waals surface area contributed by atoms with Gasteiger partial charge < -0.3 is 5.32 Å². The summed E-state index contributed by atoms with van der Waals surface area (Å²) in [5.41, 5.74) is 1.82. The van der Waals surface area contributed by atoms with E-state index >= 15 is 0 Å². The van der Waals surface area contributed by atoms with Crippen LogP contribution in [-0.4, -0.2) is 6.54 Å². The maximum absolute atomic E-state index is 3.80. The van der Waals surface area contributed by atoms with Crippen LogP contribution in [0.25, 0.3) is 0 Å². The Morgan fingerprint density at radius 1 is 1.35 bits per heavy atom. The van der Waals surface area contributed by atoms with E-state index in [2.05, 4.69) is 76.1 Å². The molecule has 1 nitrogen and oxygen atoms in total. The molecule has 1 fully saturated rings. The van der Waals surface area contributed by atoms with Gasteiger partial charge in [0.2, 0.25) is 0 Å². The third kappa shape index (κ3) is 3.66. The van der Waals surface area contributed by atoms with E-state index in [0.29, 0.717) is 17.4 Å². The fourth-order valence-electron chi connectivity index (χ4n) is 3.49. The molecule has 1 N–H and O–H groups in total. The van der Waals surface area contributed by atoms with Crippen molar-refractivity contribution in [1.29, 1.82) is 0 Å². The highest BCUT2D eigenvalue weighted by molar-refractivity contribution is 9.11. The highest BCUT2D eigenvalue weighted by Crippen LogP contribution is 2.49. The van der Waals surface area contributed by atoms with Crippen LogP contribution in [0.2, 0.25) is 0 Å². The summed E-state index contributed by atoms with van der Waals surface area (Å²) in [5.74, 6) is 0.708. The van der Waals surface area contributed by atoms with Crippen LogP contribution in [0, 0.1) is 11.3 Å². The van der Waals surface area contributed by atoms with E-state index in [0.717, 1.165) is 11.0 Å². The van der Waals surface area contributed by atoms with Gasteiger partial charge in [-0.1, -0.05) is 59.1 Å². The van der Waals surface area contributed by atoms with Crippen LogP contribution < -0.4 is 5.32 Å². The van der Waals surface area contributed by atoms with Gasteiger partial charge in [0, 0.05) is 15.0 Å². The molecule has 1 aliphatic rings. The Kier molecular flexibility index (Phi) is 5.72. The van der Waals surface area contributed by atoms with Gasteiger partial charge >= 0.3 is 0 Å². The van der Waals surface area contributed by atoms with Crippen molar-refractivity contribution >= 4 is 31.9 Å². The van der Waals surface area contributed by atoms with E-state index in [1.54, 1.807) is 0 Å². The zero-order chi connectivity index (χ0) is 14.8. The highest BCUT2D eigenvalue weighted by Gasteiger charge is 2.40. The van der Waals surface area contributed by atoms with Crippen LogP contribution >= 0.6 is 31.9 Å². The lowest BCUT2D eigenvalue weighted by Crippen LogP contribution is -2.34. The summed E-state index contributed by atoms with van der Waals surface area (Å²) in [6.45, 7) is 8.17. The van der Waals surface area contributed by atoms with Gasteiger partial charge in [-0.05, 0) is 60.9 Å². The molecule has 0 amide bonds. The summed E-state index contributed by atoms with van der Waals surface area (Å²) < 4.78 is 2.38. The monoisotopic (exact) mass is 401 g/mol. The number of nitrogens with one attached hydrogen (secondary N) is 1. The number of hydrogen-bond acceptors (Lipinski definition) is 1. The summed E-state index contributed by atoms with van der Waals surface area (Å²) in [4.78, 5) is 0. The maximum atomic E-state index is 3.80. The summed E-state index contributed by atoms with van der Waals surface area (Å²) in [6.07, 6.45) is 5.20. The fourth-order valence-corrected chi connectivity index (χ4v) is 4.37. The van der Waals surface area contributed by atoms with Crippen LogP contribution in [0.3, 0.4) is 0 Å². The molecule has 2 rings (SSSR count). The van der Waals surface area contributed by atoms with Gasteiger partial charge in [-0.25, -0.2) is 0 Å². The Morgan fingerprint density at radius 2 is 2.10 bits per heavy atom. The topological polar surface area (TPSA) is 12.0 Å². The lowest BCUT2D eigenvalue weighted by atomic mass is 9.75. The molecular weight excluding hydrogens is 378 g/mol. The molecule has 1 aromatic carbocycles. The second kappa shape index (κ2) is 6.93. The van der Waals surface area contributed by atoms with Crippen molar-refractivity contribution in [3.05, 3.63) is 32.7 Å². The number of benzene rings is 1. The third-order valence-electron chi connectivity index (χ3n) is 4.65. The Morgan fingerprint density at radius 3 is 2.70 bits per heavy atom. The van der Waals surface area contributed by atoms with Crippen LogP contribution in [0.15, 0.2) is 27.1 Å². The van der Waals surface area contributed by atoms with Gasteiger partial charge in [-0.15, -0.1) is 0 Å². The molecule has 0 spiro atoms. The van der Waals surface area contributed by atoms with Crippen molar-refractivity contribution in [3.8, 4) is 0 Å². The highest BCUT2D eigenvalue weighted by atomic mass is 79.9. The van der Waals surface area contributed by atoms with E-state index in [-0.39, 0.29) is 0 Å². The van der Waals surface area contributed by atoms with Crippen molar-refractivity contribution in [2.75, 3.05) is 6.54 Å². The first kappa shape index (κ1) is 16.5. The summed E-state index contributed by atoms with van der Waals surface area (Å²) >= 11 is 7.37. The first-order valence-corrected chi connectivity index (χ1v) is 9.22. The maximum Gasteiger partial charge on any atom is 0.0365 e. The zero-order valence-electron chi connectivity index (χ0n) is 12.7. The van der Waals surface area contributed by atoms with Gasteiger partial charge in [0.25, 0.3) is 0 Å². The fraction of sp³-hybridized carbons (Fsp3) is 0.647.